The van der Waals surface area contributed by atoms with Crippen LogP contribution in [0.1, 0.15) is 54.3 Å². The lowest BCUT2D eigenvalue weighted by Crippen LogP contribution is -2.47. The average Bonchev–Trinajstić information content (AvgIpc) is 3.72. The van der Waals surface area contributed by atoms with Crippen molar-refractivity contribution in [2.24, 2.45) is 0 Å². The number of aryl methyl sites for hydroxylation is 1. The number of hydrogen-bond acceptors (Lipinski definition) is 8. The fraction of sp³-hybridized carbons (Fsp3) is 0.414. The minimum Gasteiger partial charge on any atom is -0.458 e. The summed E-state index contributed by atoms with van der Waals surface area (Å²) in [5, 5.41) is 17.7. The number of aromatic nitrogens is 4. The molecule has 40 heavy (non-hydrogen) atoms. The number of anilines is 1. The minimum atomic E-state index is -0.816. The van der Waals surface area contributed by atoms with Crippen molar-refractivity contribution in [1.29, 1.82) is 0 Å². The predicted octanol–water partition coefficient (Wildman–Crippen LogP) is 4.59. The lowest BCUT2D eigenvalue weighted by Gasteiger charge is -2.33. The third kappa shape index (κ3) is 6.59. The smallest absolute Gasteiger partial charge is 0.247 e. The summed E-state index contributed by atoms with van der Waals surface area (Å²) in [5.41, 5.74) is 1.76. The van der Waals surface area contributed by atoms with E-state index in [4.69, 9.17) is 4.42 Å². The highest BCUT2D eigenvalue weighted by Crippen LogP contribution is 2.28. The van der Waals surface area contributed by atoms with Gasteiger partial charge in [0.2, 0.25) is 17.6 Å². The van der Waals surface area contributed by atoms with Gasteiger partial charge in [-0.1, -0.05) is 37.5 Å². The first-order valence-electron chi connectivity index (χ1n) is 13.6. The van der Waals surface area contributed by atoms with Crippen LogP contribution in [-0.2, 0) is 22.7 Å². The van der Waals surface area contributed by atoms with E-state index < -0.39 is 6.04 Å². The van der Waals surface area contributed by atoms with Gasteiger partial charge in [-0.25, -0.2) is 0 Å². The van der Waals surface area contributed by atoms with Crippen LogP contribution < -0.4 is 10.2 Å². The molecule has 2 amide bonds. The van der Waals surface area contributed by atoms with E-state index in [0.717, 1.165) is 47.6 Å². The number of nitrogens with zero attached hydrogens (tertiary/aromatic N) is 6. The summed E-state index contributed by atoms with van der Waals surface area (Å²) in [7, 11) is 3.94. The third-order valence-electron chi connectivity index (χ3n) is 7.15. The Balaban J connectivity index is 1.46. The van der Waals surface area contributed by atoms with E-state index in [1.807, 2.05) is 73.8 Å². The molecule has 0 bridgehead atoms. The topological polar surface area (TPSA) is 109 Å². The molecule has 1 aromatic carbocycles. The third-order valence-corrected chi connectivity index (χ3v) is 8.01. The zero-order valence-electron chi connectivity index (χ0n) is 23.1. The number of amides is 2. The number of nitrogens with one attached hydrogen (secondary N) is 1. The number of thiophene rings is 1. The number of benzene rings is 1. The second kappa shape index (κ2) is 12.5. The molecule has 0 spiro atoms. The molecule has 4 aromatic rings. The highest BCUT2D eigenvalue weighted by molar-refractivity contribution is 7.09. The zero-order valence-corrected chi connectivity index (χ0v) is 23.9. The van der Waals surface area contributed by atoms with Crippen LogP contribution >= 0.6 is 11.3 Å². The van der Waals surface area contributed by atoms with Gasteiger partial charge >= 0.3 is 0 Å². The molecule has 0 radical (unpaired) electrons. The number of rotatable bonds is 10. The molecule has 1 N–H and O–H groups in total. The first-order valence-corrected chi connectivity index (χ1v) is 14.5. The number of furan rings is 1. The molecular formula is C29H35N7O3S. The van der Waals surface area contributed by atoms with E-state index in [9.17, 15) is 9.59 Å². The monoisotopic (exact) mass is 561 g/mol. The molecule has 1 aliphatic carbocycles. The average molecular weight is 562 g/mol. The Kier molecular flexibility index (Phi) is 8.59. The van der Waals surface area contributed by atoms with Crippen LogP contribution in [0.15, 0.2) is 58.3 Å². The molecule has 3 heterocycles. The summed E-state index contributed by atoms with van der Waals surface area (Å²) in [5.74, 6) is 1.06. The Hall–Kier alpha value is -3.99. The first kappa shape index (κ1) is 27.6. The van der Waals surface area contributed by atoms with Crippen LogP contribution in [0.25, 0.3) is 11.6 Å². The molecule has 210 valence electrons. The number of carbonyl (C=O) groups is 2. The van der Waals surface area contributed by atoms with Gasteiger partial charge in [0, 0.05) is 30.7 Å². The fourth-order valence-corrected chi connectivity index (χ4v) is 5.73. The minimum absolute atomic E-state index is 0.111. The van der Waals surface area contributed by atoms with Crippen molar-refractivity contribution < 1.29 is 14.0 Å². The molecule has 1 atom stereocenters. The van der Waals surface area contributed by atoms with Gasteiger partial charge in [-0.05, 0) is 66.3 Å². The van der Waals surface area contributed by atoms with E-state index in [2.05, 4.69) is 20.7 Å². The molecule has 0 unspecified atom stereocenters. The second-order valence-corrected chi connectivity index (χ2v) is 11.4. The lowest BCUT2D eigenvalue weighted by molar-refractivity contribution is -0.142. The molecule has 1 saturated carbocycles. The Morgan fingerprint density at radius 2 is 1.88 bits per heavy atom. The van der Waals surface area contributed by atoms with Crippen molar-refractivity contribution in [3.8, 4) is 11.6 Å². The van der Waals surface area contributed by atoms with E-state index in [1.165, 1.54) is 11.2 Å². The van der Waals surface area contributed by atoms with E-state index in [0.29, 0.717) is 11.6 Å². The molecular weight excluding hydrogens is 526 g/mol. The van der Waals surface area contributed by atoms with Crippen molar-refractivity contribution in [1.82, 2.24) is 30.4 Å². The number of carbonyl (C=O) groups excluding carboxylic acids is 2. The van der Waals surface area contributed by atoms with Crippen molar-refractivity contribution in [2.45, 2.75) is 64.2 Å². The van der Waals surface area contributed by atoms with Gasteiger partial charge in [-0.3, -0.25) is 9.59 Å². The van der Waals surface area contributed by atoms with Crippen LogP contribution in [0, 0.1) is 6.92 Å². The number of hydrogen-bond donors (Lipinski definition) is 1. The van der Waals surface area contributed by atoms with E-state index >= 15 is 0 Å². The summed E-state index contributed by atoms with van der Waals surface area (Å²) in [6, 6.07) is 14.6. The van der Waals surface area contributed by atoms with E-state index in [-0.39, 0.29) is 30.9 Å². The molecule has 0 saturated heterocycles. The van der Waals surface area contributed by atoms with Crippen molar-refractivity contribution in [2.75, 3.05) is 19.0 Å². The van der Waals surface area contributed by atoms with Gasteiger partial charge in [0.25, 0.3) is 0 Å². The maximum Gasteiger partial charge on any atom is 0.247 e. The van der Waals surface area contributed by atoms with Crippen molar-refractivity contribution in [3.05, 3.63) is 70.1 Å². The fourth-order valence-electron chi connectivity index (χ4n) is 5.02. The standard InChI is InChI=1S/C29H35N7O3S/c1-20-11-16-25(39-20)28-31-33-36(32-28)19-26(37)35(18-24-10-7-17-40-24)27(21-12-14-23(15-13-21)34(2)3)29(38)30-22-8-5-4-6-9-22/h7,10-17,22,27H,4-6,8-9,18-19H2,1-3H3,(H,30,38)/t27-/m0/s1. The zero-order chi connectivity index (χ0) is 28.1. The van der Waals surface area contributed by atoms with Gasteiger partial charge in [-0.15, -0.1) is 21.5 Å². The summed E-state index contributed by atoms with van der Waals surface area (Å²) in [6.07, 6.45) is 5.29. The summed E-state index contributed by atoms with van der Waals surface area (Å²) in [4.78, 5) is 33.8. The molecule has 3 aromatic heterocycles. The van der Waals surface area contributed by atoms with E-state index in [1.54, 1.807) is 22.3 Å². The summed E-state index contributed by atoms with van der Waals surface area (Å²) < 4.78 is 5.60. The van der Waals surface area contributed by atoms with Crippen molar-refractivity contribution >= 4 is 28.8 Å². The Bertz CT molecular complexity index is 1410. The molecule has 5 rings (SSSR count). The van der Waals surface area contributed by atoms with Gasteiger partial charge in [0.05, 0.1) is 6.54 Å². The maximum absolute atomic E-state index is 14.0. The Morgan fingerprint density at radius 1 is 1.10 bits per heavy atom. The lowest BCUT2D eigenvalue weighted by atomic mass is 9.94. The largest absolute Gasteiger partial charge is 0.458 e. The summed E-state index contributed by atoms with van der Waals surface area (Å²) in [6.45, 7) is 1.96. The molecule has 0 aliphatic heterocycles. The van der Waals surface area contributed by atoms with Gasteiger partial charge < -0.3 is 19.5 Å². The quantitative estimate of drug-likeness (QED) is 0.302. The molecule has 11 heteroatoms. The Labute approximate surface area is 238 Å². The highest BCUT2D eigenvalue weighted by atomic mass is 32.1. The van der Waals surface area contributed by atoms with Gasteiger partial charge in [0.15, 0.2) is 5.76 Å². The summed E-state index contributed by atoms with van der Waals surface area (Å²) >= 11 is 1.55. The highest BCUT2D eigenvalue weighted by Gasteiger charge is 2.34. The van der Waals surface area contributed by atoms with Crippen LogP contribution in [-0.4, -0.2) is 57.1 Å². The van der Waals surface area contributed by atoms with Crippen molar-refractivity contribution in [3.63, 3.8) is 0 Å². The molecule has 1 fully saturated rings. The van der Waals surface area contributed by atoms with Gasteiger partial charge in [-0.2, -0.15) is 4.80 Å². The van der Waals surface area contributed by atoms with Crippen LogP contribution in [0.4, 0.5) is 5.69 Å². The molecule has 10 nitrogen and oxygen atoms in total. The van der Waals surface area contributed by atoms with Crippen LogP contribution in [0.5, 0.6) is 0 Å². The normalized spacial score (nSPS) is 14.6. The second-order valence-electron chi connectivity index (χ2n) is 10.4. The van der Waals surface area contributed by atoms with Gasteiger partial charge in [0.1, 0.15) is 18.3 Å². The predicted molar refractivity (Wildman–Crippen MR) is 154 cm³/mol. The number of tetrazole rings is 1. The molecule has 1 aliphatic rings. The van der Waals surface area contributed by atoms with Crippen LogP contribution in [0.2, 0.25) is 0 Å². The SMILES string of the molecule is Cc1ccc(-c2nnn(CC(=O)N(Cc3cccs3)[C@H](C(=O)NC3CCCCC3)c3ccc(N(C)C)cc3)n2)o1. The Morgan fingerprint density at radius 3 is 2.52 bits per heavy atom. The first-order chi connectivity index (χ1) is 19.4. The maximum atomic E-state index is 14.0. The van der Waals surface area contributed by atoms with Crippen LogP contribution in [0.3, 0.4) is 0 Å².